The van der Waals surface area contributed by atoms with Gasteiger partial charge in [0.2, 0.25) is 11.7 Å². The molecule has 0 saturated carbocycles. The number of aryl methyl sites for hydroxylation is 1. The van der Waals surface area contributed by atoms with Crippen LogP contribution < -0.4 is 5.32 Å². The highest BCUT2D eigenvalue weighted by Crippen LogP contribution is 2.25. The van der Waals surface area contributed by atoms with Crippen LogP contribution in [0.1, 0.15) is 5.82 Å². The molecular formula is C11H9Cl2N5O3. The molecule has 1 heterocycles. The molecule has 0 radical (unpaired) electrons. The van der Waals surface area contributed by atoms with Crippen molar-refractivity contribution < 1.29 is 9.72 Å². The smallest absolute Gasteiger partial charge is 0.390 e. The molecule has 21 heavy (non-hydrogen) atoms. The highest BCUT2D eigenvalue weighted by Gasteiger charge is 2.20. The number of nitrogens with zero attached hydrogens (tertiary/aromatic N) is 4. The number of hydrogen-bond acceptors (Lipinski definition) is 5. The molecule has 0 spiro atoms. The highest BCUT2D eigenvalue weighted by atomic mass is 35.5. The maximum Gasteiger partial charge on any atom is 0.491 e. The predicted molar refractivity (Wildman–Crippen MR) is 76.5 cm³/mol. The van der Waals surface area contributed by atoms with Gasteiger partial charge in [0.15, 0.2) is 0 Å². The maximum absolute atomic E-state index is 11.9. The normalized spacial score (nSPS) is 10.4. The summed E-state index contributed by atoms with van der Waals surface area (Å²) in [6.07, 6.45) is 0. The molecule has 2 rings (SSSR count). The number of benzene rings is 1. The zero-order valence-electron chi connectivity index (χ0n) is 10.7. The third-order valence-electron chi connectivity index (χ3n) is 2.51. The van der Waals surface area contributed by atoms with E-state index in [1.807, 2.05) is 0 Å². The lowest BCUT2D eigenvalue weighted by Gasteiger charge is -2.06. The Labute approximate surface area is 128 Å². The number of carbonyl (C=O) groups is 1. The standard InChI is InChI=1S/C11H9Cl2N5O3/c1-6-14-11(18(20)21)16-17(6)5-10(19)15-9-3-2-7(12)4-8(9)13/h2-4H,5H2,1H3,(H,15,19). The molecule has 1 aromatic heterocycles. The van der Waals surface area contributed by atoms with Gasteiger partial charge in [-0.1, -0.05) is 23.2 Å². The van der Waals surface area contributed by atoms with Crippen molar-refractivity contribution in [2.45, 2.75) is 13.5 Å². The van der Waals surface area contributed by atoms with E-state index >= 15 is 0 Å². The van der Waals surface area contributed by atoms with Gasteiger partial charge in [0.25, 0.3) is 0 Å². The van der Waals surface area contributed by atoms with Crippen molar-refractivity contribution in [2.24, 2.45) is 0 Å². The van der Waals surface area contributed by atoms with E-state index in [4.69, 9.17) is 23.2 Å². The van der Waals surface area contributed by atoms with Crippen LogP contribution in [-0.4, -0.2) is 25.6 Å². The molecule has 1 amide bonds. The van der Waals surface area contributed by atoms with Crippen LogP contribution in [0.5, 0.6) is 0 Å². The number of anilines is 1. The van der Waals surface area contributed by atoms with Gasteiger partial charge in [-0.05, 0) is 28.1 Å². The summed E-state index contributed by atoms with van der Waals surface area (Å²) in [6.45, 7) is 1.30. The summed E-state index contributed by atoms with van der Waals surface area (Å²) >= 11 is 11.7. The van der Waals surface area contributed by atoms with Gasteiger partial charge in [-0.15, -0.1) is 0 Å². The SMILES string of the molecule is Cc1nc([N+](=O)[O-])nn1CC(=O)Nc1ccc(Cl)cc1Cl. The number of aromatic nitrogens is 3. The minimum Gasteiger partial charge on any atom is -0.390 e. The van der Waals surface area contributed by atoms with Crippen molar-refractivity contribution >= 4 is 40.7 Å². The van der Waals surface area contributed by atoms with Crippen LogP contribution in [0, 0.1) is 17.0 Å². The van der Waals surface area contributed by atoms with E-state index in [9.17, 15) is 14.9 Å². The molecule has 8 nitrogen and oxygen atoms in total. The molecule has 0 unspecified atom stereocenters. The molecule has 0 aliphatic rings. The zero-order chi connectivity index (χ0) is 15.6. The Bertz CT molecular complexity index is 716. The van der Waals surface area contributed by atoms with Crippen LogP contribution in [0.3, 0.4) is 0 Å². The lowest BCUT2D eigenvalue weighted by Crippen LogP contribution is -2.20. The molecule has 0 aliphatic heterocycles. The maximum atomic E-state index is 11.9. The summed E-state index contributed by atoms with van der Waals surface area (Å²) in [6, 6.07) is 4.62. The van der Waals surface area contributed by atoms with Gasteiger partial charge in [-0.3, -0.25) is 4.79 Å². The van der Waals surface area contributed by atoms with E-state index in [0.717, 1.165) is 4.68 Å². The van der Waals surface area contributed by atoms with Crippen LogP contribution in [0.25, 0.3) is 0 Å². The fraction of sp³-hybridized carbons (Fsp3) is 0.182. The van der Waals surface area contributed by atoms with Gasteiger partial charge in [0, 0.05) is 17.0 Å². The quantitative estimate of drug-likeness (QED) is 0.685. The van der Waals surface area contributed by atoms with Gasteiger partial charge < -0.3 is 15.4 Å². The topological polar surface area (TPSA) is 103 Å². The fourth-order valence-electron chi connectivity index (χ4n) is 1.55. The molecule has 1 aromatic carbocycles. The lowest BCUT2D eigenvalue weighted by atomic mass is 10.3. The van der Waals surface area contributed by atoms with Gasteiger partial charge in [0.1, 0.15) is 6.54 Å². The van der Waals surface area contributed by atoms with Crippen molar-refractivity contribution in [3.63, 3.8) is 0 Å². The zero-order valence-corrected chi connectivity index (χ0v) is 12.2. The second kappa shape index (κ2) is 6.06. The first-order valence-corrected chi connectivity index (χ1v) is 6.43. The van der Waals surface area contributed by atoms with Gasteiger partial charge in [-0.2, -0.15) is 4.68 Å². The molecule has 110 valence electrons. The number of nitrogens with one attached hydrogen (secondary N) is 1. The first-order chi connectivity index (χ1) is 9.86. The van der Waals surface area contributed by atoms with Crippen LogP contribution in [0.15, 0.2) is 18.2 Å². The number of halogens is 2. The average molecular weight is 330 g/mol. The van der Waals surface area contributed by atoms with Crippen molar-refractivity contribution in [1.29, 1.82) is 0 Å². The monoisotopic (exact) mass is 329 g/mol. The molecule has 2 aromatic rings. The summed E-state index contributed by atoms with van der Waals surface area (Å²) in [5.41, 5.74) is 0.387. The Balaban J connectivity index is 2.10. The number of nitro groups is 1. The van der Waals surface area contributed by atoms with Gasteiger partial charge in [0.05, 0.1) is 10.7 Å². The molecule has 0 saturated heterocycles. The molecule has 0 fully saturated rings. The van der Waals surface area contributed by atoms with Gasteiger partial charge in [-0.25, -0.2) is 0 Å². The van der Waals surface area contributed by atoms with Crippen LogP contribution in [0.4, 0.5) is 11.6 Å². The number of amides is 1. The first-order valence-electron chi connectivity index (χ1n) is 5.67. The number of carbonyl (C=O) groups excluding carboxylic acids is 1. The minimum absolute atomic E-state index is 0.217. The summed E-state index contributed by atoms with van der Waals surface area (Å²) in [7, 11) is 0. The second-order valence-electron chi connectivity index (χ2n) is 4.05. The molecule has 1 N–H and O–H groups in total. The number of rotatable bonds is 4. The summed E-state index contributed by atoms with van der Waals surface area (Å²) in [5.74, 6) is -0.731. The van der Waals surface area contributed by atoms with E-state index < -0.39 is 16.8 Å². The Kier molecular flexibility index (Phi) is 4.39. The van der Waals surface area contributed by atoms with Crippen LogP contribution in [0.2, 0.25) is 10.0 Å². The lowest BCUT2D eigenvalue weighted by molar-refractivity contribution is -0.394. The minimum atomic E-state index is -0.725. The van der Waals surface area contributed by atoms with Gasteiger partial charge >= 0.3 is 5.95 Å². The Morgan fingerprint density at radius 1 is 1.48 bits per heavy atom. The number of hydrogen-bond donors (Lipinski definition) is 1. The highest BCUT2D eigenvalue weighted by molar-refractivity contribution is 6.36. The second-order valence-corrected chi connectivity index (χ2v) is 4.89. The largest absolute Gasteiger partial charge is 0.491 e. The van der Waals surface area contributed by atoms with Crippen molar-refractivity contribution in [3.8, 4) is 0 Å². The fourth-order valence-corrected chi connectivity index (χ4v) is 2.00. The van der Waals surface area contributed by atoms with E-state index in [-0.39, 0.29) is 17.4 Å². The molecule has 0 aliphatic carbocycles. The first kappa shape index (κ1) is 15.2. The van der Waals surface area contributed by atoms with E-state index in [2.05, 4.69) is 15.4 Å². The Morgan fingerprint density at radius 3 is 2.76 bits per heavy atom. The van der Waals surface area contributed by atoms with Crippen LogP contribution >= 0.6 is 23.2 Å². The average Bonchev–Trinajstić information content (AvgIpc) is 2.75. The summed E-state index contributed by atoms with van der Waals surface area (Å²) in [4.78, 5) is 25.3. The van der Waals surface area contributed by atoms with E-state index in [0.29, 0.717) is 10.7 Å². The van der Waals surface area contributed by atoms with E-state index in [1.165, 1.54) is 13.0 Å². The molecule has 10 heteroatoms. The van der Waals surface area contributed by atoms with Crippen LogP contribution in [-0.2, 0) is 11.3 Å². The van der Waals surface area contributed by atoms with Crippen molar-refractivity contribution in [2.75, 3.05) is 5.32 Å². The third kappa shape index (κ3) is 3.67. The predicted octanol–water partition coefficient (Wildman–Crippen LogP) is 2.44. The summed E-state index contributed by atoms with van der Waals surface area (Å²) in [5, 5.41) is 17.5. The van der Waals surface area contributed by atoms with Crippen molar-refractivity contribution in [1.82, 2.24) is 14.8 Å². The molecular weight excluding hydrogens is 321 g/mol. The Hall–Kier alpha value is -2.19. The van der Waals surface area contributed by atoms with Crippen molar-refractivity contribution in [3.05, 3.63) is 44.2 Å². The summed E-state index contributed by atoms with van der Waals surface area (Å²) < 4.78 is 1.14. The molecule has 0 atom stereocenters. The van der Waals surface area contributed by atoms with E-state index in [1.54, 1.807) is 12.1 Å². The third-order valence-corrected chi connectivity index (χ3v) is 3.06. The molecule has 0 bridgehead atoms. The Morgan fingerprint density at radius 2 is 2.19 bits per heavy atom.